The summed E-state index contributed by atoms with van der Waals surface area (Å²) in [5.41, 5.74) is 1.75. The van der Waals surface area contributed by atoms with Gasteiger partial charge in [0, 0.05) is 0 Å². The lowest BCUT2D eigenvalue weighted by molar-refractivity contribution is 0.300. The molecule has 0 nitrogen and oxygen atoms in total. The summed E-state index contributed by atoms with van der Waals surface area (Å²) in [6.45, 7) is 20.6. The van der Waals surface area contributed by atoms with Gasteiger partial charge in [-0.05, 0) is 48.9 Å². The van der Waals surface area contributed by atoms with Crippen LogP contribution in [0.15, 0.2) is 12.2 Å². The molecule has 0 aromatic rings. The summed E-state index contributed by atoms with van der Waals surface area (Å²) in [5.74, 6) is 2.48. The van der Waals surface area contributed by atoms with Crippen molar-refractivity contribution >= 4 is 0 Å². The van der Waals surface area contributed by atoms with E-state index in [1.807, 2.05) is 0 Å². The van der Waals surface area contributed by atoms with Gasteiger partial charge in [-0.1, -0.05) is 60.6 Å². The Morgan fingerprint density at radius 2 is 1.59 bits per heavy atom. The van der Waals surface area contributed by atoms with Crippen molar-refractivity contribution in [1.82, 2.24) is 0 Å². The number of rotatable bonds is 8. The van der Waals surface area contributed by atoms with Crippen LogP contribution in [-0.4, -0.2) is 0 Å². The fourth-order valence-electron chi connectivity index (χ4n) is 2.25. The maximum absolute atomic E-state index is 4.29. The Morgan fingerprint density at radius 3 is 2.00 bits per heavy atom. The molecule has 0 bridgehead atoms. The summed E-state index contributed by atoms with van der Waals surface area (Å²) in [4.78, 5) is 0. The second kappa shape index (κ2) is 7.24. The molecular weight excluding hydrogens is 204 g/mol. The molecule has 0 saturated carbocycles. The lowest BCUT2D eigenvalue weighted by atomic mass is 9.77. The molecule has 0 fully saturated rings. The molecular formula is C17H34. The third-order valence-electron chi connectivity index (χ3n) is 4.56. The van der Waals surface area contributed by atoms with E-state index in [1.165, 1.54) is 31.3 Å². The first-order valence-corrected chi connectivity index (χ1v) is 7.39. The normalized spacial score (nSPS) is 16.0. The van der Waals surface area contributed by atoms with Gasteiger partial charge in [-0.3, -0.25) is 0 Å². The van der Waals surface area contributed by atoms with E-state index in [0.717, 1.165) is 17.8 Å². The van der Waals surface area contributed by atoms with Gasteiger partial charge in [0.15, 0.2) is 0 Å². The molecule has 2 unspecified atom stereocenters. The summed E-state index contributed by atoms with van der Waals surface area (Å²) in [6, 6.07) is 0. The quantitative estimate of drug-likeness (QED) is 0.450. The fraction of sp³-hybridized carbons (Fsp3) is 0.882. The summed E-state index contributed by atoms with van der Waals surface area (Å²) >= 11 is 0. The van der Waals surface area contributed by atoms with Crippen LogP contribution in [-0.2, 0) is 0 Å². The van der Waals surface area contributed by atoms with E-state index in [1.54, 1.807) is 0 Å². The van der Waals surface area contributed by atoms with Crippen LogP contribution in [0.3, 0.4) is 0 Å². The highest BCUT2D eigenvalue weighted by Crippen LogP contribution is 2.34. The van der Waals surface area contributed by atoms with Gasteiger partial charge in [0.1, 0.15) is 0 Å². The number of hydrogen-bond acceptors (Lipinski definition) is 0. The molecule has 0 aromatic carbocycles. The van der Waals surface area contributed by atoms with Gasteiger partial charge in [0.05, 0.1) is 0 Å². The number of allylic oxidation sites excluding steroid dienone is 1. The third-order valence-corrected chi connectivity index (χ3v) is 4.56. The molecule has 17 heavy (non-hydrogen) atoms. The summed E-state index contributed by atoms with van der Waals surface area (Å²) in [5, 5.41) is 0. The van der Waals surface area contributed by atoms with Gasteiger partial charge in [0.25, 0.3) is 0 Å². The smallest absolute Gasteiger partial charge is 0.0150 e. The number of hydrogen-bond donors (Lipinski definition) is 0. The highest BCUT2D eigenvalue weighted by atomic mass is 14.3. The van der Waals surface area contributed by atoms with Crippen molar-refractivity contribution in [2.75, 3.05) is 0 Å². The van der Waals surface area contributed by atoms with Crippen molar-refractivity contribution < 1.29 is 0 Å². The molecule has 0 radical (unpaired) electrons. The molecule has 0 N–H and O–H groups in total. The van der Waals surface area contributed by atoms with E-state index in [9.17, 15) is 0 Å². The topological polar surface area (TPSA) is 0 Å². The molecule has 102 valence electrons. The maximum atomic E-state index is 4.29. The predicted molar refractivity (Wildman–Crippen MR) is 80.2 cm³/mol. The molecule has 0 rings (SSSR count). The van der Waals surface area contributed by atoms with Gasteiger partial charge in [-0.25, -0.2) is 0 Å². The van der Waals surface area contributed by atoms with Gasteiger partial charge >= 0.3 is 0 Å². The molecule has 0 aromatic heterocycles. The molecule has 0 spiro atoms. The van der Waals surface area contributed by atoms with Crippen LogP contribution in [0.4, 0.5) is 0 Å². The molecule has 2 atom stereocenters. The second-order valence-corrected chi connectivity index (χ2v) is 6.96. The molecule has 0 aliphatic heterocycles. The molecule has 0 heterocycles. The first-order chi connectivity index (χ1) is 7.70. The highest BCUT2D eigenvalue weighted by molar-refractivity contribution is 5.06. The average Bonchev–Trinajstić information content (AvgIpc) is 2.24. The van der Waals surface area contributed by atoms with Crippen LogP contribution >= 0.6 is 0 Å². The van der Waals surface area contributed by atoms with Crippen molar-refractivity contribution in [2.24, 2.45) is 23.2 Å². The van der Waals surface area contributed by atoms with E-state index >= 15 is 0 Å². The highest BCUT2D eigenvalue weighted by Gasteiger charge is 2.20. The minimum Gasteiger partial charge on any atom is -0.0993 e. The third kappa shape index (κ3) is 6.29. The largest absolute Gasteiger partial charge is 0.0993 e. The van der Waals surface area contributed by atoms with Crippen molar-refractivity contribution in [3.63, 3.8) is 0 Å². The molecule has 0 amide bonds. The second-order valence-electron chi connectivity index (χ2n) is 6.96. The van der Waals surface area contributed by atoms with Crippen LogP contribution in [0.5, 0.6) is 0 Å². The lowest BCUT2D eigenvalue weighted by Gasteiger charge is -2.28. The van der Waals surface area contributed by atoms with Crippen LogP contribution in [0.25, 0.3) is 0 Å². The molecule has 0 heteroatoms. The Balaban J connectivity index is 4.07. The molecule has 0 saturated heterocycles. The predicted octanol–water partition coefficient (Wildman–Crippen LogP) is 6.08. The van der Waals surface area contributed by atoms with E-state index < -0.39 is 0 Å². The Morgan fingerprint density at radius 1 is 1.06 bits per heavy atom. The van der Waals surface area contributed by atoms with Crippen molar-refractivity contribution in [3.05, 3.63) is 12.2 Å². The van der Waals surface area contributed by atoms with Crippen LogP contribution in [0.2, 0.25) is 0 Å². The van der Waals surface area contributed by atoms with Gasteiger partial charge in [-0.2, -0.15) is 0 Å². The SMILES string of the molecule is C=C(CCC(C)C(C)CC(C)C)C(C)(C)CC. The standard InChI is InChI=1S/C17H34/c1-9-17(7,8)16(6)11-10-14(4)15(5)12-13(2)3/h13-15H,6,9-12H2,1-5,7-8H3. The van der Waals surface area contributed by atoms with Gasteiger partial charge < -0.3 is 0 Å². The zero-order valence-corrected chi connectivity index (χ0v) is 13.3. The summed E-state index contributed by atoms with van der Waals surface area (Å²) in [6.07, 6.45) is 5.05. The van der Waals surface area contributed by atoms with Gasteiger partial charge in [0.2, 0.25) is 0 Å². The van der Waals surface area contributed by atoms with E-state index in [0.29, 0.717) is 5.41 Å². The summed E-state index contributed by atoms with van der Waals surface area (Å²) in [7, 11) is 0. The maximum Gasteiger partial charge on any atom is -0.0150 e. The zero-order chi connectivity index (χ0) is 13.6. The molecule has 0 aliphatic carbocycles. The lowest BCUT2D eigenvalue weighted by Crippen LogP contribution is -2.15. The van der Waals surface area contributed by atoms with Crippen LogP contribution in [0.1, 0.15) is 74.1 Å². The fourth-order valence-corrected chi connectivity index (χ4v) is 2.25. The zero-order valence-electron chi connectivity index (χ0n) is 13.3. The first-order valence-electron chi connectivity index (χ1n) is 7.39. The van der Waals surface area contributed by atoms with Crippen molar-refractivity contribution in [3.8, 4) is 0 Å². The minimum atomic E-state index is 0.320. The molecule has 0 aliphatic rings. The summed E-state index contributed by atoms with van der Waals surface area (Å²) < 4.78 is 0. The van der Waals surface area contributed by atoms with E-state index in [2.05, 4.69) is 55.0 Å². The van der Waals surface area contributed by atoms with Crippen LogP contribution < -0.4 is 0 Å². The van der Waals surface area contributed by atoms with E-state index in [4.69, 9.17) is 0 Å². The minimum absolute atomic E-state index is 0.320. The Hall–Kier alpha value is -0.260. The van der Waals surface area contributed by atoms with E-state index in [-0.39, 0.29) is 0 Å². The Bertz CT molecular complexity index is 222. The van der Waals surface area contributed by atoms with Gasteiger partial charge in [-0.15, -0.1) is 0 Å². The Labute approximate surface area is 110 Å². The Kier molecular flexibility index (Phi) is 7.13. The van der Waals surface area contributed by atoms with Crippen molar-refractivity contribution in [1.29, 1.82) is 0 Å². The van der Waals surface area contributed by atoms with Crippen LogP contribution in [0, 0.1) is 23.2 Å². The average molecular weight is 238 g/mol. The first kappa shape index (κ1) is 16.7. The monoisotopic (exact) mass is 238 g/mol. The van der Waals surface area contributed by atoms with Crippen molar-refractivity contribution in [2.45, 2.75) is 74.1 Å².